The summed E-state index contributed by atoms with van der Waals surface area (Å²) < 4.78 is 0. The number of anilines is 1. The lowest BCUT2D eigenvalue weighted by Crippen LogP contribution is -2.09. The van der Waals surface area contributed by atoms with E-state index in [0.29, 0.717) is 10.7 Å². The number of carbonyl (C=O) groups is 1. The highest BCUT2D eigenvalue weighted by atomic mass is 35.5. The third-order valence-corrected chi connectivity index (χ3v) is 3.03. The summed E-state index contributed by atoms with van der Waals surface area (Å²) in [5.41, 5.74) is 1.74. The van der Waals surface area contributed by atoms with E-state index < -0.39 is 5.97 Å². The molecule has 2 N–H and O–H groups in total. The molecule has 0 fully saturated rings. The molecule has 0 bridgehead atoms. The zero-order valence-electron chi connectivity index (χ0n) is 10.3. The van der Waals surface area contributed by atoms with Gasteiger partial charge in [0.2, 0.25) is 0 Å². The van der Waals surface area contributed by atoms with Crippen LogP contribution in [0, 0.1) is 0 Å². The highest BCUT2D eigenvalue weighted by Gasteiger charge is 2.10. The molecule has 5 heteroatoms. The molecule has 0 aliphatic heterocycles. The number of carboxylic acid groups (broad SMARTS) is 1. The molecule has 0 saturated carbocycles. The molecule has 19 heavy (non-hydrogen) atoms. The summed E-state index contributed by atoms with van der Waals surface area (Å²) in [6.07, 6.45) is 1.72. The summed E-state index contributed by atoms with van der Waals surface area (Å²) in [4.78, 5) is 15.1. The Balaban J connectivity index is 2.18. The van der Waals surface area contributed by atoms with E-state index in [4.69, 9.17) is 16.7 Å². The summed E-state index contributed by atoms with van der Waals surface area (Å²) in [7, 11) is 0. The number of carboxylic acids is 1. The van der Waals surface area contributed by atoms with Gasteiger partial charge in [0.05, 0.1) is 28.0 Å². The Morgan fingerprint density at radius 1 is 1.37 bits per heavy atom. The first-order chi connectivity index (χ1) is 9.08. The predicted molar refractivity (Wildman–Crippen MR) is 74.7 cm³/mol. The Hall–Kier alpha value is -2.07. The highest BCUT2D eigenvalue weighted by molar-refractivity contribution is 6.33. The van der Waals surface area contributed by atoms with Crippen LogP contribution in [0.25, 0.3) is 0 Å². The van der Waals surface area contributed by atoms with E-state index in [2.05, 4.69) is 10.3 Å². The van der Waals surface area contributed by atoms with Crippen LogP contribution in [0.2, 0.25) is 5.02 Å². The van der Waals surface area contributed by atoms with Gasteiger partial charge in [0.25, 0.3) is 0 Å². The lowest BCUT2D eigenvalue weighted by molar-refractivity contribution is 0.0697. The number of pyridine rings is 1. The molecule has 0 spiro atoms. The van der Waals surface area contributed by atoms with E-state index in [-0.39, 0.29) is 11.6 Å². The Morgan fingerprint density at radius 2 is 2.16 bits per heavy atom. The molecule has 0 amide bonds. The van der Waals surface area contributed by atoms with Crippen LogP contribution in [0.5, 0.6) is 0 Å². The number of halogens is 1. The molecule has 2 rings (SSSR count). The highest BCUT2D eigenvalue weighted by Crippen LogP contribution is 2.26. The van der Waals surface area contributed by atoms with Crippen molar-refractivity contribution in [3.63, 3.8) is 0 Å². The Bertz CT molecular complexity index is 587. The average Bonchev–Trinajstić information content (AvgIpc) is 2.41. The average molecular weight is 277 g/mol. The van der Waals surface area contributed by atoms with Gasteiger partial charge in [-0.25, -0.2) is 4.79 Å². The van der Waals surface area contributed by atoms with Crippen molar-refractivity contribution >= 4 is 23.3 Å². The molecule has 0 saturated heterocycles. The number of aromatic nitrogens is 1. The van der Waals surface area contributed by atoms with Gasteiger partial charge in [-0.2, -0.15) is 0 Å². The van der Waals surface area contributed by atoms with E-state index in [1.807, 2.05) is 25.1 Å². The number of benzene rings is 1. The minimum absolute atomic E-state index is 0.0191. The van der Waals surface area contributed by atoms with E-state index >= 15 is 0 Å². The third-order valence-electron chi connectivity index (χ3n) is 2.72. The molecule has 0 aliphatic rings. The second-order valence-electron chi connectivity index (χ2n) is 4.12. The molecular formula is C14H13ClN2O2. The summed E-state index contributed by atoms with van der Waals surface area (Å²) in [6.45, 7) is 1.96. The smallest absolute Gasteiger partial charge is 0.335 e. The van der Waals surface area contributed by atoms with Crippen LogP contribution in [-0.4, -0.2) is 16.1 Å². The molecule has 98 valence electrons. The normalized spacial score (nSPS) is 11.9. The Labute approximate surface area is 116 Å². The monoisotopic (exact) mass is 276 g/mol. The van der Waals surface area contributed by atoms with E-state index in [1.54, 1.807) is 12.3 Å². The maximum atomic E-state index is 10.8. The van der Waals surface area contributed by atoms with Crippen molar-refractivity contribution in [3.05, 3.63) is 58.9 Å². The molecule has 1 atom stereocenters. The van der Waals surface area contributed by atoms with Crippen molar-refractivity contribution in [2.75, 3.05) is 5.32 Å². The van der Waals surface area contributed by atoms with Crippen molar-refractivity contribution in [1.29, 1.82) is 0 Å². The Morgan fingerprint density at radius 3 is 2.74 bits per heavy atom. The van der Waals surface area contributed by atoms with Crippen LogP contribution in [0.1, 0.15) is 29.0 Å². The van der Waals surface area contributed by atoms with Crippen LogP contribution in [0.4, 0.5) is 5.69 Å². The first-order valence-corrected chi connectivity index (χ1v) is 6.16. The number of aromatic carboxylic acids is 1. The molecule has 0 radical (unpaired) electrons. The van der Waals surface area contributed by atoms with Crippen LogP contribution in [-0.2, 0) is 0 Å². The molecule has 4 nitrogen and oxygen atoms in total. The van der Waals surface area contributed by atoms with E-state index in [0.717, 1.165) is 5.69 Å². The fourth-order valence-corrected chi connectivity index (χ4v) is 1.94. The number of nitrogens with one attached hydrogen (secondary N) is 1. The molecule has 1 unspecified atom stereocenters. The first kappa shape index (κ1) is 13.4. The maximum Gasteiger partial charge on any atom is 0.335 e. The van der Waals surface area contributed by atoms with E-state index in [1.165, 1.54) is 12.1 Å². The van der Waals surface area contributed by atoms with Gasteiger partial charge >= 0.3 is 5.97 Å². The maximum absolute atomic E-state index is 10.8. The van der Waals surface area contributed by atoms with Crippen LogP contribution < -0.4 is 5.32 Å². The van der Waals surface area contributed by atoms with Gasteiger partial charge in [-0.05, 0) is 37.3 Å². The van der Waals surface area contributed by atoms with Gasteiger partial charge in [-0.15, -0.1) is 0 Å². The molecule has 0 aliphatic carbocycles. The molecule has 1 aromatic heterocycles. The minimum atomic E-state index is -0.994. The van der Waals surface area contributed by atoms with Crippen LogP contribution >= 0.6 is 11.6 Å². The summed E-state index contributed by atoms with van der Waals surface area (Å²) >= 11 is 6.06. The topological polar surface area (TPSA) is 62.2 Å². The zero-order chi connectivity index (χ0) is 13.8. The summed E-state index contributed by atoms with van der Waals surface area (Å²) in [5.74, 6) is -0.994. The van der Waals surface area contributed by atoms with Gasteiger partial charge in [-0.1, -0.05) is 17.7 Å². The molecular weight excluding hydrogens is 264 g/mol. The van der Waals surface area contributed by atoms with Crippen molar-refractivity contribution in [1.82, 2.24) is 4.98 Å². The third kappa shape index (κ3) is 3.23. The number of nitrogens with zero attached hydrogens (tertiary/aromatic N) is 1. The summed E-state index contributed by atoms with van der Waals surface area (Å²) in [5, 5.41) is 12.5. The number of rotatable bonds is 4. The first-order valence-electron chi connectivity index (χ1n) is 5.78. The lowest BCUT2D eigenvalue weighted by atomic mass is 10.1. The predicted octanol–water partition coefficient (Wildman–Crippen LogP) is 3.61. The largest absolute Gasteiger partial charge is 0.478 e. The van der Waals surface area contributed by atoms with E-state index in [9.17, 15) is 4.79 Å². The quantitative estimate of drug-likeness (QED) is 0.895. The SMILES string of the molecule is CC(Nc1ccc(C(=O)O)cc1Cl)c1ccccn1. The van der Waals surface area contributed by atoms with Crippen LogP contribution in [0.15, 0.2) is 42.6 Å². The number of hydrogen-bond donors (Lipinski definition) is 2. The lowest BCUT2D eigenvalue weighted by Gasteiger charge is -2.16. The summed E-state index contributed by atoms with van der Waals surface area (Å²) in [6, 6.07) is 10.3. The minimum Gasteiger partial charge on any atom is -0.478 e. The molecule has 2 aromatic rings. The Kier molecular flexibility index (Phi) is 4.02. The van der Waals surface area contributed by atoms with Gasteiger partial charge in [0.15, 0.2) is 0 Å². The van der Waals surface area contributed by atoms with Gasteiger partial charge in [0, 0.05) is 6.20 Å². The standard InChI is InChI=1S/C14H13ClN2O2/c1-9(12-4-2-3-7-16-12)17-13-6-5-10(14(18)19)8-11(13)15/h2-9,17H,1H3,(H,18,19). The van der Waals surface area contributed by atoms with Crippen LogP contribution in [0.3, 0.4) is 0 Å². The zero-order valence-corrected chi connectivity index (χ0v) is 11.1. The second-order valence-corrected chi connectivity index (χ2v) is 4.53. The van der Waals surface area contributed by atoms with Gasteiger partial charge in [0.1, 0.15) is 0 Å². The van der Waals surface area contributed by atoms with Crippen molar-refractivity contribution in [2.24, 2.45) is 0 Å². The van der Waals surface area contributed by atoms with Crippen molar-refractivity contribution in [2.45, 2.75) is 13.0 Å². The van der Waals surface area contributed by atoms with Gasteiger partial charge < -0.3 is 10.4 Å². The second kappa shape index (κ2) is 5.71. The molecule has 1 aromatic carbocycles. The van der Waals surface area contributed by atoms with Gasteiger partial charge in [-0.3, -0.25) is 4.98 Å². The van der Waals surface area contributed by atoms with Crippen molar-refractivity contribution in [3.8, 4) is 0 Å². The fourth-order valence-electron chi connectivity index (χ4n) is 1.70. The van der Waals surface area contributed by atoms with Crippen molar-refractivity contribution < 1.29 is 9.90 Å². The molecule has 1 heterocycles. The number of hydrogen-bond acceptors (Lipinski definition) is 3. The fraction of sp³-hybridized carbons (Fsp3) is 0.143.